The van der Waals surface area contributed by atoms with E-state index in [4.69, 9.17) is 23.2 Å². The third-order valence-corrected chi connectivity index (χ3v) is 4.81. The average molecular weight is 336 g/mol. The molecule has 1 unspecified atom stereocenters. The van der Waals surface area contributed by atoms with E-state index in [-0.39, 0.29) is 17.3 Å². The second-order valence-corrected chi connectivity index (χ2v) is 6.85. The molecule has 0 aliphatic carbocycles. The zero-order chi connectivity index (χ0) is 14.9. The summed E-state index contributed by atoms with van der Waals surface area (Å²) < 4.78 is 32.3. The summed E-state index contributed by atoms with van der Waals surface area (Å²) in [4.78, 5) is 7.00. The summed E-state index contributed by atoms with van der Waals surface area (Å²) >= 11 is 11.7. The van der Waals surface area contributed by atoms with E-state index in [2.05, 4.69) is 16.0 Å². The van der Waals surface area contributed by atoms with Crippen molar-refractivity contribution < 1.29 is 13.0 Å². The van der Waals surface area contributed by atoms with Gasteiger partial charge in [0.05, 0.1) is 21.1 Å². The van der Waals surface area contributed by atoms with E-state index >= 15 is 0 Å². The number of nitrogens with one attached hydrogen (secondary N) is 1. The van der Waals surface area contributed by atoms with Gasteiger partial charge in [-0.2, -0.15) is 8.42 Å². The van der Waals surface area contributed by atoms with E-state index in [0.717, 1.165) is 6.42 Å². The van der Waals surface area contributed by atoms with Crippen LogP contribution in [0.1, 0.15) is 37.3 Å². The first kappa shape index (κ1) is 15.6. The number of nitrogens with zero attached hydrogens (tertiary/aromatic N) is 1. The molecule has 0 aliphatic heterocycles. The highest BCUT2D eigenvalue weighted by Gasteiger charge is 2.27. The maximum atomic E-state index is 11.5. The number of aromatic nitrogens is 2. The van der Waals surface area contributed by atoms with Crippen LogP contribution in [0.2, 0.25) is 10.0 Å². The molecule has 2 aromatic rings. The molecule has 0 aliphatic rings. The predicted octanol–water partition coefficient (Wildman–Crippen LogP) is 3.79. The van der Waals surface area contributed by atoms with Gasteiger partial charge in [0.25, 0.3) is 10.1 Å². The van der Waals surface area contributed by atoms with Crippen LogP contribution in [0.5, 0.6) is 0 Å². The van der Waals surface area contributed by atoms with Crippen LogP contribution in [0.4, 0.5) is 0 Å². The second-order valence-electron chi connectivity index (χ2n) is 4.46. The minimum absolute atomic E-state index is 0.172. The van der Waals surface area contributed by atoms with Crippen LogP contribution in [0.15, 0.2) is 6.07 Å². The Morgan fingerprint density at radius 3 is 2.80 bits per heavy atom. The molecule has 0 amide bonds. The van der Waals surface area contributed by atoms with Crippen molar-refractivity contribution in [3.05, 3.63) is 28.0 Å². The molecule has 1 aromatic carbocycles. The SMILES string of the molecule is CCCCC(c1nc2[c]c(Cl)c(Cl)cc2[nH]1)S(=O)(=O)O. The lowest BCUT2D eigenvalue weighted by molar-refractivity contribution is 0.458. The van der Waals surface area contributed by atoms with Crippen LogP contribution < -0.4 is 0 Å². The minimum Gasteiger partial charge on any atom is -0.341 e. The molecule has 1 radical (unpaired) electrons. The van der Waals surface area contributed by atoms with Gasteiger partial charge in [-0.05, 0) is 12.5 Å². The predicted molar refractivity (Wildman–Crippen MR) is 78.8 cm³/mol. The Kier molecular flexibility index (Phi) is 4.59. The third kappa shape index (κ3) is 3.25. The third-order valence-electron chi connectivity index (χ3n) is 2.94. The van der Waals surface area contributed by atoms with Crippen molar-refractivity contribution in [1.82, 2.24) is 9.97 Å². The normalized spacial score (nSPS) is 13.8. The van der Waals surface area contributed by atoms with Crippen molar-refractivity contribution in [2.75, 3.05) is 0 Å². The quantitative estimate of drug-likeness (QED) is 0.814. The molecule has 5 nitrogen and oxygen atoms in total. The molecule has 1 heterocycles. The van der Waals surface area contributed by atoms with E-state index in [0.29, 0.717) is 22.5 Å². The van der Waals surface area contributed by atoms with Crippen LogP contribution in [-0.4, -0.2) is 22.9 Å². The average Bonchev–Trinajstić information content (AvgIpc) is 2.71. The van der Waals surface area contributed by atoms with Gasteiger partial charge in [0.1, 0.15) is 11.1 Å². The fourth-order valence-corrected chi connectivity index (χ4v) is 3.09. The Balaban J connectivity index is 2.48. The Morgan fingerprint density at radius 2 is 2.20 bits per heavy atom. The van der Waals surface area contributed by atoms with Crippen LogP contribution in [-0.2, 0) is 10.1 Å². The fraction of sp³-hybridized carbons (Fsp3) is 0.417. The monoisotopic (exact) mass is 335 g/mol. The summed E-state index contributed by atoms with van der Waals surface area (Å²) in [7, 11) is -4.23. The van der Waals surface area contributed by atoms with Gasteiger partial charge in [-0.3, -0.25) is 4.55 Å². The molecular weight excluding hydrogens is 323 g/mol. The van der Waals surface area contributed by atoms with E-state index in [9.17, 15) is 13.0 Å². The second kappa shape index (κ2) is 5.89. The molecule has 0 saturated carbocycles. The minimum atomic E-state index is -4.23. The molecule has 2 N–H and O–H groups in total. The standard InChI is InChI=1S/C12H13Cl2N2O3S/c1-2-3-4-11(20(17,18)19)12-15-9-5-7(13)8(14)6-10(9)16-12/h5,11H,2-4H2,1H3,(H,15,16)(H,17,18,19). The summed E-state index contributed by atoms with van der Waals surface area (Å²) in [5, 5.41) is -0.568. The number of rotatable bonds is 5. The van der Waals surface area contributed by atoms with E-state index in [1.54, 1.807) is 6.07 Å². The lowest BCUT2D eigenvalue weighted by atomic mass is 10.2. The number of benzene rings is 1. The molecule has 0 spiro atoms. The maximum Gasteiger partial charge on any atom is 0.275 e. The molecule has 2 rings (SSSR count). The number of halogens is 2. The topological polar surface area (TPSA) is 83.0 Å². The van der Waals surface area contributed by atoms with Gasteiger partial charge in [0, 0.05) is 6.07 Å². The Morgan fingerprint density at radius 1 is 1.50 bits per heavy atom. The van der Waals surface area contributed by atoms with E-state index < -0.39 is 15.4 Å². The molecule has 20 heavy (non-hydrogen) atoms. The molecule has 109 valence electrons. The summed E-state index contributed by atoms with van der Waals surface area (Å²) in [6, 6.07) is 4.30. The van der Waals surface area contributed by atoms with Gasteiger partial charge in [-0.15, -0.1) is 0 Å². The highest BCUT2D eigenvalue weighted by molar-refractivity contribution is 7.86. The van der Waals surface area contributed by atoms with Crippen LogP contribution in [0.3, 0.4) is 0 Å². The van der Waals surface area contributed by atoms with Crippen LogP contribution in [0.25, 0.3) is 11.0 Å². The zero-order valence-corrected chi connectivity index (χ0v) is 13.0. The van der Waals surface area contributed by atoms with Gasteiger partial charge >= 0.3 is 0 Å². The lowest BCUT2D eigenvalue weighted by Crippen LogP contribution is -2.13. The number of fused-ring (bicyclic) bond motifs is 1. The fourth-order valence-electron chi connectivity index (χ4n) is 1.93. The number of aromatic amines is 1. The van der Waals surface area contributed by atoms with Gasteiger partial charge < -0.3 is 4.98 Å². The van der Waals surface area contributed by atoms with Gasteiger partial charge in [-0.25, -0.2) is 4.98 Å². The molecule has 0 saturated heterocycles. The van der Waals surface area contributed by atoms with Crippen molar-refractivity contribution >= 4 is 44.4 Å². The number of hydrogen-bond donors (Lipinski definition) is 2. The highest BCUT2D eigenvalue weighted by atomic mass is 35.5. The first-order valence-corrected chi connectivity index (χ1v) is 8.32. The van der Waals surface area contributed by atoms with Crippen LogP contribution in [0, 0.1) is 6.07 Å². The summed E-state index contributed by atoms with van der Waals surface area (Å²) in [5.74, 6) is 0.172. The molecule has 0 bridgehead atoms. The van der Waals surface area contributed by atoms with Crippen molar-refractivity contribution in [1.29, 1.82) is 0 Å². The lowest BCUT2D eigenvalue weighted by Gasteiger charge is -2.10. The van der Waals surface area contributed by atoms with Crippen molar-refractivity contribution in [2.24, 2.45) is 0 Å². The van der Waals surface area contributed by atoms with Gasteiger partial charge in [-0.1, -0.05) is 43.0 Å². The molecule has 1 atom stereocenters. The van der Waals surface area contributed by atoms with Gasteiger partial charge in [0.2, 0.25) is 0 Å². The Hall–Kier alpha value is -0.820. The van der Waals surface area contributed by atoms with Gasteiger partial charge in [0.15, 0.2) is 0 Å². The number of imidazole rings is 1. The van der Waals surface area contributed by atoms with Crippen molar-refractivity contribution in [3.8, 4) is 0 Å². The Bertz CT molecular complexity index is 689. The smallest absolute Gasteiger partial charge is 0.275 e. The molecular formula is C12H13Cl2N2O3S. The number of unbranched alkanes of at least 4 members (excludes halogenated alkanes) is 1. The zero-order valence-electron chi connectivity index (χ0n) is 10.7. The van der Waals surface area contributed by atoms with E-state index in [1.807, 2.05) is 6.92 Å². The summed E-state index contributed by atoms with van der Waals surface area (Å²) in [6.07, 6.45) is 1.76. The Labute approximate surface area is 127 Å². The highest BCUT2D eigenvalue weighted by Crippen LogP contribution is 2.30. The first-order valence-electron chi connectivity index (χ1n) is 6.06. The van der Waals surface area contributed by atoms with E-state index in [1.165, 1.54) is 0 Å². The summed E-state index contributed by atoms with van der Waals surface area (Å²) in [6.45, 7) is 1.94. The largest absolute Gasteiger partial charge is 0.341 e. The first-order chi connectivity index (χ1) is 9.32. The van der Waals surface area contributed by atoms with Crippen molar-refractivity contribution in [3.63, 3.8) is 0 Å². The molecule has 8 heteroatoms. The van der Waals surface area contributed by atoms with Crippen LogP contribution >= 0.6 is 23.2 Å². The number of hydrogen-bond acceptors (Lipinski definition) is 3. The summed E-state index contributed by atoms with van der Waals surface area (Å²) in [5.41, 5.74) is 0.916. The molecule has 1 aromatic heterocycles. The molecule has 0 fully saturated rings. The number of H-pyrrole nitrogens is 1. The maximum absolute atomic E-state index is 11.5. The van der Waals surface area contributed by atoms with Crippen molar-refractivity contribution in [2.45, 2.75) is 31.4 Å².